The molecule has 24 heavy (non-hydrogen) atoms. The number of carbonyl (C=O) groups excluding carboxylic acids is 1. The van der Waals surface area contributed by atoms with Crippen LogP contribution in [0.25, 0.3) is 0 Å². The van der Waals surface area contributed by atoms with Crippen molar-refractivity contribution in [3.8, 4) is 0 Å². The van der Waals surface area contributed by atoms with Gasteiger partial charge in [0.1, 0.15) is 0 Å². The molecule has 1 aromatic heterocycles. The van der Waals surface area contributed by atoms with Crippen molar-refractivity contribution < 1.29 is 18.0 Å². The lowest BCUT2D eigenvalue weighted by atomic mass is 9.96. The Morgan fingerprint density at radius 3 is 2.54 bits per heavy atom. The van der Waals surface area contributed by atoms with Crippen LogP contribution in [0.2, 0.25) is 0 Å². The molecular weight excluding hydrogens is 321 g/mol. The van der Waals surface area contributed by atoms with Crippen LogP contribution in [-0.4, -0.2) is 28.4 Å². The van der Waals surface area contributed by atoms with Gasteiger partial charge in [-0.15, -0.1) is 0 Å². The minimum atomic E-state index is -4.43. The lowest BCUT2D eigenvalue weighted by molar-refractivity contribution is -0.141. The summed E-state index contributed by atoms with van der Waals surface area (Å²) in [6.45, 7) is 0.511. The lowest BCUT2D eigenvalue weighted by Crippen LogP contribution is -2.43. The quantitative estimate of drug-likeness (QED) is 0.860. The minimum Gasteiger partial charge on any atom is -0.336 e. The molecule has 2 N–H and O–H groups in total. The topological polar surface area (TPSA) is 59.0 Å². The summed E-state index contributed by atoms with van der Waals surface area (Å²) in [5.41, 5.74) is -0.229. The van der Waals surface area contributed by atoms with Gasteiger partial charge in [0.15, 0.2) is 5.69 Å². The third-order valence-corrected chi connectivity index (χ3v) is 4.65. The highest BCUT2D eigenvalue weighted by molar-refractivity contribution is 5.74. The molecule has 0 aliphatic heterocycles. The molecule has 3 rings (SSSR count). The Labute approximate surface area is 139 Å². The van der Waals surface area contributed by atoms with Crippen molar-refractivity contribution in [3.63, 3.8) is 0 Å². The Kier molecular flexibility index (Phi) is 5.01. The van der Waals surface area contributed by atoms with Crippen molar-refractivity contribution in [1.29, 1.82) is 0 Å². The van der Waals surface area contributed by atoms with E-state index < -0.39 is 11.9 Å². The largest absolute Gasteiger partial charge is 0.435 e. The molecular formula is C16H23F3N4O. The summed E-state index contributed by atoms with van der Waals surface area (Å²) in [6.07, 6.45) is 2.83. The molecule has 2 aliphatic carbocycles. The van der Waals surface area contributed by atoms with Gasteiger partial charge in [0.05, 0.1) is 6.54 Å². The van der Waals surface area contributed by atoms with Crippen LogP contribution in [0.5, 0.6) is 0 Å². The van der Waals surface area contributed by atoms with Crippen molar-refractivity contribution in [2.45, 2.75) is 69.6 Å². The van der Waals surface area contributed by atoms with Gasteiger partial charge in [-0.3, -0.25) is 4.68 Å². The van der Waals surface area contributed by atoms with Crippen molar-refractivity contribution in [2.24, 2.45) is 0 Å². The summed E-state index contributed by atoms with van der Waals surface area (Å²) in [4.78, 5) is 11.9. The maximum Gasteiger partial charge on any atom is 0.435 e. The van der Waals surface area contributed by atoms with Gasteiger partial charge < -0.3 is 10.6 Å². The minimum absolute atomic E-state index is 0.171. The van der Waals surface area contributed by atoms with Gasteiger partial charge in [0.25, 0.3) is 0 Å². The molecule has 0 aromatic carbocycles. The van der Waals surface area contributed by atoms with Crippen LogP contribution >= 0.6 is 0 Å². The zero-order valence-corrected chi connectivity index (χ0v) is 13.5. The molecule has 134 valence electrons. The number of halogens is 3. The number of hydrogen-bond acceptors (Lipinski definition) is 2. The van der Waals surface area contributed by atoms with Crippen molar-refractivity contribution >= 4 is 6.03 Å². The molecule has 0 spiro atoms. The van der Waals surface area contributed by atoms with Crippen molar-refractivity contribution in [1.82, 2.24) is 20.4 Å². The Bertz CT molecular complexity index is 574. The molecule has 2 saturated carbocycles. The first-order chi connectivity index (χ1) is 11.4. The number of alkyl halides is 3. The molecule has 2 fully saturated rings. The summed E-state index contributed by atoms with van der Waals surface area (Å²) in [5.74, 6) is 0.171. The average Bonchev–Trinajstić information content (AvgIpc) is 3.27. The van der Waals surface area contributed by atoms with E-state index in [0.717, 1.165) is 44.6 Å². The van der Waals surface area contributed by atoms with E-state index in [9.17, 15) is 18.0 Å². The number of hydrogen-bond donors (Lipinski definition) is 2. The maximum atomic E-state index is 12.8. The van der Waals surface area contributed by atoms with Gasteiger partial charge in [-0.25, -0.2) is 4.79 Å². The molecule has 2 amide bonds. The third-order valence-electron chi connectivity index (χ3n) is 4.65. The summed E-state index contributed by atoms with van der Waals surface area (Å²) < 4.78 is 39.9. The molecule has 0 bridgehead atoms. The van der Waals surface area contributed by atoms with E-state index >= 15 is 0 Å². The number of urea groups is 1. The van der Waals surface area contributed by atoms with E-state index in [1.807, 2.05) is 0 Å². The third kappa shape index (κ3) is 4.42. The molecule has 0 atom stereocenters. The van der Waals surface area contributed by atoms with Gasteiger partial charge in [-0.2, -0.15) is 18.3 Å². The van der Waals surface area contributed by atoms with E-state index in [1.54, 1.807) is 0 Å². The predicted octanol–water partition coefficient (Wildman–Crippen LogP) is 3.41. The first-order valence-electron chi connectivity index (χ1n) is 8.63. The zero-order valence-electron chi connectivity index (χ0n) is 13.5. The first-order valence-corrected chi connectivity index (χ1v) is 8.63. The van der Waals surface area contributed by atoms with Crippen LogP contribution in [0.4, 0.5) is 18.0 Å². The fourth-order valence-corrected chi connectivity index (χ4v) is 3.22. The molecule has 1 aromatic rings. The van der Waals surface area contributed by atoms with Crippen LogP contribution in [0.3, 0.4) is 0 Å². The Balaban J connectivity index is 1.50. The predicted molar refractivity (Wildman–Crippen MR) is 82.6 cm³/mol. The summed E-state index contributed by atoms with van der Waals surface area (Å²) in [6, 6.07) is 1.10. The molecule has 0 saturated heterocycles. The Morgan fingerprint density at radius 1 is 1.21 bits per heavy atom. The van der Waals surface area contributed by atoms with E-state index in [1.165, 1.54) is 11.1 Å². The SMILES string of the molecule is O=C(NCCn1nc(C(F)(F)F)cc1C1CC1)NC1CCCCC1. The smallest absolute Gasteiger partial charge is 0.336 e. The zero-order chi connectivity index (χ0) is 17.2. The normalized spacial score (nSPS) is 19.3. The monoisotopic (exact) mass is 344 g/mol. The lowest BCUT2D eigenvalue weighted by Gasteiger charge is -2.22. The van der Waals surface area contributed by atoms with Crippen LogP contribution in [0.1, 0.15) is 62.3 Å². The highest BCUT2D eigenvalue weighted by Gasteiger charge is 2.37. The van der Waals surface area contributed by atoms with Gasteiger partial charge in [0.2, 0.25) is 0 Å². The maximum absolute atomic E-state index is 12.8. The van der Waals surface area contributed by atoms with E-state index in [4.69, 9.17) is 0 Å². The van der Waals surface area contributed by atoms with Gasteiger partial charge in [0, 0.05) is 24.2 Å². The number of aromatic nitrogens is 2. The van der Waals surface area contributed by atoms with E-state index in [0.29, 0.717) is 5.69 Å². The molecule has 8 heteroatoms. The molecule has 0 unspecified atom stereocenters. The van der Waals surface area contributed by atoms with Crippen LogP contribution in [0.15, 0.2) is 6.07 Å². The van der Waals surface area contributed by atoms with Gasteiger partial charge in [-0.1, -0.05) is 19.3 Å². The standard InChI is InChI=1S/C16H23F3N4O/c17-16(18,19)14-10-13(11-6-7-11)23(22-14)9-8-20-15(24)21-12-4-2-1-3-5-12/h10-12H,1-9H2,(H2,20,21,24). The molecule has 1 heterocycles. The summed E-state index contributed by atoms with van der Waals surface area (Å²) in [7, 11) is 0. The Hall–Kier alpha value is -1.73. The highest BCUT2D eigenvalue weighted by Crippen LogP contribution is 2.42. The number of rotatable bonds is 5. The van der Waals surface area contributed by atoms with Crippen LogP contribution in [-0.2, 0) is 12.7 Å². The highest BCUT2D eigenvalue weighted by atomic mass is 19.4. The number of nitrogens with one attached hydrogen (secondary N) is 2. The first kappa shape index (κ1) is 17.1. The average molecular weight is 344 g/mol. The second-order valence-corrected chi connectivity index (χ2v) is 6.68. The van der Waals surface area contributed by atoms with Crippen molar-refractivity contribution in [3.05, 3.63) is 17.5 Å². The number of carbonyl (C=O) groups is 1. The Morgan fingerprint density at radius 2 is 1.92 bits per heavy atom. The fraction of sp³-hybridized carbons (Fsp3) is 0.750. The van der Waals surface area contributed by atoms with Crippen LogP contribution < -0.4 is 10.6 Å². The molecule has 2 aliphatic rings. The fourth-order valence-electron chi connectivity index (χ4n) is 3.22. The van der Waals surface area contributed by atoms with Crippen molar-refractivity contribution in [2.75, 3.05) is 6.54 Å². The molecule has 5 nitrogen and oxygen atoms in total. The summed E-state index contributed by atoms with van der Waals surface area (Å²) >= 11 is 0. The van der Waals surface area contributed by atoms with E-state index in [2.05, 4.69) is 15.7 Å². The second kappa shape index (κ2) is 7.03. The summed E-state index contributed by atoms with van der Waals surface area (Å²) in [5, 5.41) is 9.32. The van der Waals surface area contributed by atoms with Crippen LogP contribution in [0, 0.1) is 0 Å². The van der Waals surface area contributed by atoms with Gasteiger partial charge in [-0.05, 0) is 31.7 Å². The second-order valence-electron chi connectivity index (χ2n) is 6.68. The van der Waals surface area contributed by atoms with Gasteiger partial charge >= 0.3 is 12.2 Å². The number of nitrogens with zero attached hydrogens (tertiary/aromatic N) is 2. The van der Waals surface area contributed by atoms with E-state index in [-0.39, 0.29) is 31.1 Å². The molecule has 0 radical (unpaired) electrons. The number of amides is 2.